The molecular formula is C11H18N2O. The number of pyridine rings is 1. The highest BCUT2D eigenvalue weighted by Crippen LogP contribution is 2.00. The molecule has 78 valence electrons. The van der Waals surface area contributed by atoms with Gasteiger partial charge in [-0.25, -0.2) is 0 Å². The lowest BCUT2D eigenvalue weighted by Crippen LogP contribution is -2.23. The zero-order valence-electron chi connectivity index (χ0n) is 8.69. The van der Waals surface area contributed by atoms with Crippen LogP contribution in [0, 0.1) is 0 Å². The first-order valence-electron chi connectivity index (χ1n) is 5.01. The van der Waals surface area contributed by atoms with Crippen LogP contribution in [0.5, 0.6) is 0 Å². The zero-order chi connectivity index (χ0) is 10.2. The summed E-state index contributed by atoms with van der Waals surface area (Å²) < 4.78 is 0. The third-order valence-corrected chi connectivity index (χ3v) is 2.21. The van der Waals surface area contributed by atoms with Crippen molar-refractivity contribution in [3.63, 3.8) is 0 Å². The molecule has 0 saturated heterocycles. The Labute approximate surface area is 85.4 Å². The van der Waals surface area contributed by atoms with Crippen molar-refractivity contribution in [1.82, 2.24) is 9.88 Å². The van der Waals surface area contributed by atoms with E-state index in [1.807, 2.05) is 19.3 Å². The zero-order valence-corrected chi connectivity index (χ0v) is 8.69. The summed E-state index contributed by atoms with van der Waals surface area (Å²) in [6.07, 6.45) is 5.87. The Morgan fingerprint density at radius 3 is 2.93 bits per heavy atom. The fourth-order valence-corrected chi connectivity index (χ4v) is 1.38. The summed E-state index contributed by atoms with van der Waals surface area (Å²) in [6, 6.07) is 4.06. The van der Waals surface area contributed by atoms with Crippen LogP contribution in [0.15, 0.2) is 24.5 Å². The second kappa shape index (κ2) is 6.51. The van der Waals surface area contributed by atoms with Gasteiger partial charge in [0, 0.05) is 18.9 Å². The normalized spacial score (nSPS) is 10.8. The van der Waals surface area contributed by atoms with Gasteiger partial charge < -0.3 is 10.0 Å². The lowest BCUT2D eigenvalue weighted by Gasteiger charge is -2.14. The molecule has 0 radical (unpaired) electrons. The smallest absolute Gasteiger partial charge is 0.0558 e. The Kier molecular flexibility index (Phi) is 5.19. The third-order valence-electron chi connectivity index (χ3n) is 2.21. The molecule has 0 bridgehead atoms. The van der Waals surface area contributed by atoms with E-state index in [1.165, 1.54) is 5.56 Å². The van der Waals surface area contributed by atoms with E-state index in [2.05, 4.69) is 16.0 Å². The van der Waals surface area contributed by atoms with Gasteiger partial charge in [-0.15, -0.1) is 0 Å². The Balaban J connectivity index is 2.16. The molecule has 0 fully saturated rings. The van der Waals surface area contributed by atoms with Gasteiger partial charge in [0.15, 0.2) is 0 Å². The summed E-state index contributed by atoms with van der Waals surface area (Å²) in [5, 5.41) is 8.70. The standard InChI is InChI=1S/C11H18N2O/c1-13(8-9-14)7-3-5-11-4-2-6-12-10-11/h2,4,6,10,14H,3,5,7-9H2,1H3. The molecule has 1 rings (SSSR count). The fraction of sp³-hybridized carbons (Fsp3) is 0.545. The van der Waals surface area contributed by atoms with E-state index in [0.29, 0.717) is 0 Å². The summed E-state index contributed by atoms with van der Waals surface area (Å²) in [5.74, 6) is 0. The Morgan fingerprint density at radius 1 is 1.43 bits per heavy atom. The predicted octanol–water partition coefficient (Wildman–Crippen LogP) is 0.938. The summed E-state index contributed by atoms with van der Waals surface area (Å²) in [6.45, 7) is 2.02. The maximum absolute atomic E-state index is 8.70. The molecule has 0 aromatic carbocycles. The molecule has 0 aliphatic carbocycles. The van der Waals surface area contributed by atoms with Gasteiger partial charge in [-0.1, -0.05) is 6.07 Å². The molecule has 1 aromatic rings. The lowest BCUT2D eigenvalue weighted by molar-refractivity contribution is 0.220. The first kappa shape index (κ1) is 11.1. The van der Waals surface area contributed by atoms with E-state index in [4.69, 9.17) is 5.11 Å². The van der Waals surface area contributed by atoms with Crippen molar-refractivity contribution >= 4 is 0 Å². The van der Waals surface area contributed by atoms with E-state index >= 15 is 0 Å². The number of nitrogens with zero attached hydrogens (tertiary/aromatic N) is 2. The predicted molar refractivity (Wildman–Crippen MR) is 57.1 cm³/mol. The van der Waals surface area contributed by atoms with Gasteiger partial charge >= 0.3 is 0 Å². The summed E-state index contributed by atoms with van der Waals surface area (Å²) in [4.78, 5) is 6.20. The quantitative estimate of drug-likeness (QED) is 0.732. The van der Waals surface area contributed by atoms with Gasteiger partial charge in [0.05, 0.1) is 6.61 Å². The van der Waals surface area contributed by atoms with Crippen LogP contribution in [0.2, 0.25) is 0 Å². The van der Waals surface area contributed by atoms with Crippen LogP contribution in [0.3, 0.4) is 0 Å². The maximum atomic E-state index is 8.70. The molecule has 3 nitrogen and oxygen atoms in total. The van der Waals surface area contributed by atoms with E-state index in [9.17, 15) is 0 Å². The number of rotatable bonds is 6. The molecule has 3 heteroatoms. The number of aromatic nitrogens is 1. The van der Waals surface area contributed by atoms with E-state index in [0.717, 1.165) is 25.9 Å². The Hall–Kier alpha value is -0.930. The number of hydrogen-bond acceptors (Lipinski definition) is 3. The molecule has 0 aliphatic heterocycles. The second-order valence-corrected chi connectivity index (χ2v) is 3.49. The highest BCUT2D eigenvalue weighted by molar-refractivity contribution is 5.08. The van der Waals surface area contributed by atoms with Crippen molar-refractivity contribution in [3.8, 4) is 0 Å². The van der Waals surface area contributed by atoms with Crippen LogP contribution in [0.4, 0.5) is 0 Å². The van der Waals surface area contributed by atoms with Crippen molar-refractivity contribution in [2.75, 3.05) is 26.7 Å². The van der Waals surface area contributed by atoms with Crippen LogP contribution >= 0.6 is 0 Å². The first-order chi connectivity index (χ1) is 6.83. The van der Waals surface area contributed by atoms with Crippen LogP contribution in [0.1, 0.15) is 12.0 Å². The molecule has 0 saturated carbocycles. The number of aliphatic hydroxyl groups is 1. The molecule has 1 heterocycles. The Morgan fingerprint density at radius 2 is 2.29 bits per heavy atom. The average Bonchev–Trinajstić information content (AvgIpc) is 2.20. The summed E-state index contributed by atoms with van der Waals surface area (Å²) in [5.41, 5.74) is 1.28. The SMILES string of the molecule is CN(CCO)CCCc1cccnc1. The molecular weight excluding hydrogens is 176 g/mol. The van der Waals surface area contributed by atoms with E-state index in [1.54, 1.807) is 6.20 Å². The molecule has 0 spiro atoms. The highest BCUT2D eigenvalue weighted by Gasteiger charge is 1.97. The van der Waals surface area contributed by atoms with Gasteiger partial charge in [-0.05, 0) is 38.1 Å². The Bertz CT molecular complexity index is 238. The van der Waals surface area contributed by atoms with Crippen molar-refractivity contribution in [2.24, 2.45) is 0 Å². The molecule has 14 heavy (non-hydrogen) atoms. The minimum Gasteiger partial charge on any atom is -0.395 e. The van der Waals surface area contributed by atoms with Gasteiger partial charge in [0.2, 0.25) is 0 Å². The second-order valence-electron chi connectivity index (χ2n) is 3.49. The van der Waals surface area contributed by atoms with Crippen molar-refractivity contribution in [3.05, 3.63) is 30.1 Å². The monoisotopic (exact) mass is 194 g/mol. The van der Waals surface area contributed by atoms with E-state index in [-0.39, 0.29) is 6.61 Å². The molecule has 0 unspecified atom stereocenters. The van der Waals surface area contributed by atoms with Gasteiger partial charge in [-0.3, -0.25) is 4.98 Å². The average molecular weight is 194 g/mol. The van der Waals surface area contributed by atoms with Crippen LogP contribution in [-0.4, -0.2) is 41.7 Å². The molecule has 0 atom stereocenters. The van der Waals surface area contributed by atoms with Gasteiger partial charge in [0.1, 0.15) is 0 Å². The fourth-order valence-electron chi connectivity index (χ4n) is 1.38. The summed E-state index contributed by atoms with van der Waals surface area (Å²) in [7, 11) is 2.03. The molecule has 1 N–H and O–H groups in total. The van der Waals surface area contributed by atoms with Crippen molar-refractivity contribution < 1.29 is 5.11 Å². The minimum atomic E-state index is 0.239. The van der Waals surface area contributed by atoms with Crippen molar-refractivity contribution in [2.45, 2.75) is 12.8 Å². The largest absolute Gasteiger partial charge is 0.395 e. The lowest BCUT2D eigenvalue weighted by atomic mass is 10.1. The summed E-state index contributed by atoms with van der Waals surface area (Å²) >= 11 is 0. The number of aryl methyl sites for hydroxylation is 1. The highest BCUT2D eigenvalue weighted by atomic mass is 16.3. The number of likely N-dealkylation sites (N-methyl/N-ethyl adjacent to an activating group) is 1. The maximum Gasteiger partial charge on any atom is 0.0558 e. The van der Waals surface area contributed by atoms with E-state index < -0.39 is 0 Å². The first-order valence-corrected chi connectivity index (χ1v) is 5.01. The van der Waals surface area contributed by atoms with Crippen LogP contribution < -0.4 is 0 Å². The molecule has 0 aliphatic rings. The van der Waals surface area contributed by atoms with Crippen LogP contribution in [0.25, 0.3) is 0 Å². The molecule has 0 amide bonds. The number of aliphatic hydroxyl groups excluding tert-OH is 1. The third kappa shape index (κ3) is 4.35. The number of hydrogen-bond donors (Lipinski definition) is 1. The van der Waals surface area contributed by atoms with Gasteiger partial charge in [-0.2, -0.15) is 0 Å². The molecule has 1 aromatic heterocycles. The van der Waals surface area contributed by atoms with Crippen molar-refractivity contribution in [1.29, 1.82) is 0 Å². The topological polar surface area (TPSA) is 36.4 Å². The van der Waals surface area contributed by atoms with Gasteiger partial charge in [0.25, 0.3) is 0 Å². The minimum absolute atomic E-state index is 0.239. The van der Waals surface area contributed by atoms with Crippen LogP contribution in [-0.2, 0) is 6.42 Å².